The molecule has 6 heteroatoms. The summed E-state index contributed by atoms with van der Waals surface area (Å²) in [6.45, 7) is 8.43. The molecule has 2 aromatic heterocycles. The molecule has 98 valence electrons. The van der Waals surface area contributed by atoms with Crippen LogP contribution in [-0.2, 0) is 19.0 Å². The van der Waals surface area contributed by atoms with Crippen LogP contribution in [0.1, 0.15) is 33.4 Å². The van der Waals surface area contributed by atoms with E-state index in [0.29, 0.717) is 0 Å². The Kier molecular flexibility index (Phi) is 3.11. The lowest BCUT2D eigenvalue weighted by molar-refractivity contribution is 0.400. The molecule has 0 aliphatic carbocycles. The van der Waals surface area contributed by atoms with Gasteiger partial charge in [-0.2, -0.15) is 5.10 Å². The zero-order valence-electron chi connectivity index (χ0n) is 11.6. The molecule has 0 saturated carbocycles. The number of aromatic nitrogens is 5. The number of hydrogen-bond acceptors (Lipinski definition) is 4. The van der Waals surface area contributed by atoms with Crippen LogP contribution in [-0.4, -0.2) is 24.5 Å². The van der Waals surface area contributed by atoms with Crippen LogP contribution in [0.25, 0.3) is 0 Å². The molecule has 0 aliphatic heterocycles. The molecule has 0 radical (unpaired) electrons. The first-order chi connectivity index (χ1) is 8.41. The van der Waals surface area contributed by atoms with Crippen LogP contribution in [0.3, 0.4) is 0 Å². The number of rotatable bonds is 3. The molecular formula is C12H20N6. The van der Waals surface area contributed by atoms with Crippen molar-refractivity contribution >= 4 is 11.8 Å². The highest BCUT2D eigenvalue weighted by Gasteiger charge is 2.18. The first kappa shape index (κ1) is 12.6. The number of hydrogen-bond donors (Lipinski definition) is 1. The number of nitrogens with one attached hydrogen (secondary N) is 1. The Hall–Kier alpha value is -1.85. The minimum atomic E-state index is -0.0575. The molecule has 0 amide bonds. The minimum absolute atomic E-state index is 0.0575. The van der Waals surface area contributed by atoms with E-state index in [4.69, 9.17) is 0 Å². The third kappa shape index (κ3) is 2.37. The maximum Gasteiger partial charge on any atom is 0.230 e. The van der Waals surface area contributed by atoms with Gasteiger partial charge in [0.05, 0.1) is 5.69 Å². The molecule has 2 heterocycles. The highest BCUT2D eigenvalue weighted by Crippen LogP contribution is 2.21. The molecule has 0 spiro atoms. The van der Waals surface area contributed by atoms with Crippen LogP contribution in [0.15, 0.2) is 12.4 Å². The highest BCUT2D eigenvalue weighted by atomic mass is 15.4. The van der Waals surface area contributed by atoms with Gasteiger partial charge in [-0.1, -0.05) is 6.92 Å². The summed E-state index contributed by atoms with van der Waals surface area (Å²) in [4.78, 5) is 0. The van der Waals surface area contributed by atoms with Crippen LogP contribution in [0.5, 0.6) is 0 Å². The zero-order chi connectivity index (χ0) is 13.3. The third-order valence-corrected chi connectivity index (χ3v) is 2.80. The van der Waals surface area contributed by atoms with Crippen molar-refractivity contribution < 1.29 is 0 Å². The lowest BCUT2D eigenvalue weighted by atomic mass is 10.1. The number of aryl methyl sites for hydroxylation is 2. The summed E-state index contributed by atoms with van der Waals surface area (Å²) >= 11 is 0. The van der Waals surface area contributed by atoms with Crippen molar-refractivity contribution in [1.82, 2.24) is 24.5 Å². The molecule has 0 unspecified atom stereocenters. The van der Waals surface area contributed by atoms with E-state index in [0.717, 1.165) is 23.9 Å². The van der Waals surface area contributed by atoms with Crippen molar-refractivity contribution in [3.05, 3.63) is 18.1 Å². The molecule has 1 N–H and O–H groups in total. The molecule has 0 atom stereocenters. The van der Waals surface area contributed by atoms with E-state index in [9.17, 15) is 0 Å². The molecule has 0 saturated heterocycles. The Labute approximate surface area is 107 Å². The standard InChI is InChI=1S/C12H20N6/c1-6-9-7-10(17(5)16-9)14-11-15-13-8-18(11)12(2,3)4/h7-8H,6H2,1-5H3,(H,14,15). The van der Waals surface area contributed by atoms with Gasteiger partial charge in [-0.25, -0.2) is 0 Å². The lowest BCUT2D eigenvalue weighted by Gasteiger charge is -2.22. The van der Waals surface area contributed by atoms with Crippen molar-refractivity contribution in [3.63, 3.8) is 0 Å². The molecule has 2 aromatic rings. The summed E-state index contributed by atoms with van der Waals surface area (Å²) < 4.78 is 3.83. The van der Waals surface area contributed by atoms with Crippen molar-refractivity contribution in [3.8, 4) is 0 Å². The maximum absolute atomic E-state index is 4.40. The fraction of sp³-hybridized carbons (Fsp3) is 0.583. The van der Waals surface area contributed by atoms with Crippen molar-refractivity contribution in [2.75, 3.05) is 5.32 Å². The van der Waals surface area contributed by atoms with Gasteiger partial charge in [0.15, 0.2) is 0 Å². The third-order valence-electron chi connectivity index (χ3n) is 2.80. The highest BCUT2D eigenvalue weighted by molar-refractivity contribution is 5.49. The van der Waals surface area contributed by atoms with Gasteiger partial charge in [0, 0.05) is 18.7 Å². The topological polar surface area (TPSA) is 60.6 Å². The van der Waals surface area contributed by atoms with E-state index >= 15 is 0 Å². The first-order valence-corrected chi connectivity index (χ1v) is 6.12. The number of nitrogens with zero attached hydrogens (tertiary/aromatic N) is 5. The molecule has 18 heavy (non-hydrogen) atoms. The average Bonchev–Trinajstić information content (AvgIpc) is 2.86. The maximum atomic E-state index is 4.40. The molecule has 0 aliphatic rings. The Morgan fingerprint density at radius 2 is 2.06 bits per heavy atom. The van der Waals surface area contributed by atoms with E-state index in [1.165, 1.54) is 0 Å². The Bertz CT molecular complexity index is 531. The monoisotopic (exact) mass is 248 g/mol. The van der Waals surface area contributed by atoms with Crippen LogP contribution < -0.4 is 5.32 Å². The van der Waals surface area contributed by atoms with Crippen LogP contribution in [0.2, 0.25) is 0 Å². The van der Waals surface area contributed by atoms with Gasteiger partial charge < -0.3 is 5.32 Å². The van der Waals surface area contributed by atoms with Crippen LogP contribution >= 0.6 is 0 Å². The summed E-state index contributed by atoms with van der Waals surface area (Å²) in [5.74, 6) is 1.65. The Morgan fingerprint density at radius 1 is 1.33 bits per heavy atom. The summed E-state index contributed by atoms with van der Waals surface area (Å²) in [5.41, 5.74) is 1.000. The number of anilines is 2. The molecule has 0 aromatic carbocycles. The smallest absolute Gasteiger partial charge is 0.230 e. The molecular weight excluding hydrogens is 228 g/mol. The Morgan fingerprint density at radius 3 is 2.61 bits per heavy atom. The normalized spacial score (nSPS) is 11.8. The second-order valence-corrected chi connectivity index (χ2v) is 5.32. The molecule has 0 fully saturated rings. The fourth-order valence-corrected chi connectivity index (χ4v) is 1.74. The first-order valence-electron chi connectivity index (χ1n) is 6.12. The molecule has 2 rings (SSSR count). The van der Waals surface area contributed by atoms with Crippen LogP contribution in [0.4, 0.5) is 11.8 Å². The minimum Gasteiger partial charge on any atom is -0.309 e. The van der Waals surface area contributed by atoms with E-state index in [-0.39, 0.29) is 5.54 Å². The fourth-order valence-electron chi connectivity index (χ4n) is 1.74. The van der Waals surface area contributed by atoms with Gasteiger partial charge in [-0.05, 0) is 27.2 Å². The molecule has 0 bridgehead atoms. The van der Waals surface area contributed by atoms with E-state index in [1.807, 2.05) is 22.4 Å². The van der Waals surface area contributed by atoms with Crippen LogP contribution in [0, 0.1) is 0 Å². The van der Waals surface area contributed by atoms with Crippen molar-refractivity contribution in [2.45, 2.75) is 39.7 Å². The van der Waals surface area contributed by atoms with Crippen molar-refractivity contribution in [1.29, 1.82) is 0 Å². The summed E-state index contributed by atoms with van der Waals surface area (Å²) in [7, 11) is 1.92. The van der Waals surface area contributed by atoms with Gasteiger partial charge in [-0.3, -0.25) is 9.25 Å². The van der Waals surface area contributed by atoms with Gasteiger partial charge >= 0.3 is 0 Å². The summed E-state index contributed by atoms with van der Waals surface area (Å²) in [6, 6.07) is 2.03. The van der Waals surface area contributed by atoms with Gasteiger partial charge in [0.1, 0.15) is 12.1 Å². The molecule has 6 nitrogen and oxygen atoms in total. The zero-order valence-corrected chi connectivity index (χ0v) is 11.6. The summed E-state index contributed by atoms with van der Waals surface area (Å²) in [6.07, 6.45) is 2.65. The van der Waals surface area contributed by atoms with Crippen molar-refractivity contribution in [2.24, 2.45) is 7.05 Å². The second kappa shape index (κ2) is 4.44. The van der Waals surface area contributed by atoms with E-state index in [2.05, 4.69) is 48.3 Å². The SMILES string of the molecule is CCc1cc(Nc2nncn2C(C)(C)C)n(C)n1. The predicted octanol–water partition coefficient (Wildman–Crippen LogP) is 2.07. The lowest BCUT2D eigenvalue weighted by Crippen LogP contribution is -2.22. The largest absolute Gasteiger partial charge is 0.309 e. The van der Waals surface area contributed by atoms with Gasteiger partial charge in [0.2, 0.25) is 5.95 Å². The Balaban J connectivity index is 2.29. The van der Waals surface area contributed by atoms with Gasteiger partial charge in [0.25, 0.3) is 0 Å². The predicted molar refractivity (Wildman–Crippen MR) is 70.9 cm³/mol. The summed E-state index contributed by atoms with van der Waals surface area (Å²) in [5, 5.41) is 15.7. The van der Waals surface area contributed by atoms with Gasteiger partial charge in [-0.15, -0.1) is 10.2 Å². The van der Waals surface area contributed by atoms with E-state index < -0.39 is 0 Å². The van der Waals surface area contributed by atoms with E-state index in [1.54, 1.807) is 6.33 Å². The average molecular weight is 248 g/mol. The quantitative estimate of drug-likeness (QED) is 0.903. The second-order valence-electron chi connectivity index (χ2n) is 5.32.